The Morgan fingerprint density at radius 3 is 2.46 bits per heavy atom. The van der Waals surface area contributed by atoms with Gasteiger partial charge in [-0.25, -0.2) is 0 Å². The molecule has 0 radical (unpaired) electrons. The summed E-state index contributed by atoms with van der Waals surface area (Å²) >= 11 is 7.25. The number of rotatable bonds is 1. The van der Waals surface area contributed by atoms with E-state index in [1.165, 1.54) is 11.3 Å². The molecule has 4 nitrogen and oxygen atoms in total. The summed E-state index contributed by atoms with van der Waals surface area (Å²) in [4.78, 5) is 5.49. The fourth-order valence-corrected chi connectivity index (χ4v) is 4.24. The Balaban J connectivity index is 2.00. The lowest BCUT2D eigenvalue weighted by Crippen LogP contribution is -2.15. The van der Waals surface area contributed by atoms with Gasteiger partial charge in [0.1, 0.15) is 11.5 Å². The van der Waals surface area contributed by atoms with E-state index in [0.29, 0.717) is 21.3 Å². The molecule has 2 aromatic heterocycles. The highest BCUT2D eigenvalue weighted by Crippen LogP contribution is 2.39. The summed E-state index contributed by atoms with van der Waals surface area (Å²) in [7, 11) is 0. The summed E-state index contributed by atoms with van der Waals surface area (Å²) in [5, 5.41) is 8.12. The molecule has 0 N–H and O–H groups in total. The number of fused-ring (bicyclic) bond motifs is 3. The molecule has 0 unspecified atom stereocenters. The minimum absolute atomic E-state index is 0.0148. The maximum Gasteiger partial charge on any atom is 0.452 e. The van der Waals surface area contributed by atoms with Gasteiger partial charge in [-0.05, 0) is 31.5 Å². The van der Waals surface area contributed by atoms with Gasteiger partial charge in [0.25, 0.3) is 0 Å². The third-order valence-corrected chi connectivity index (χ3v) is 5.73. The monoisotopic (exact) mass is 396 g/mol. The molecule has 1 aliphatic heterocycles. The van der Waals surface area contributed by atoms with Gasteiger partial charge in [-0.2, -0.15) is 13.2 Å². The molecule has 0 fully saturated rings. The first kappa shape index (κ1) is 17.2. The number of aliphatic imine (C=N–C) groups is 1. The van der Waals surface area contributed by atoms with Crippen molar-refractivity contribution in [2.75, 3.05) is 0 Å². The van der Waals surface area contributed by atoms with Gasteiger partial charge < -0.3 is 0 Å². The van der Waals surface area contributed by atoms with Gasteiger partial charge in [-0.3, -0.25) is 9.56 Å². The van der Waals surface area contributed by atoms with E-state index in [1.54, 1.807) is 12.1 Å². The lowest BCUT2D eigenvalue weighted by Gasteiger charge is -2.11. The first-order chi connectivity index (χ1) is 12.3. The van der Waals surface area contributed by atoms with Crippen LogP contribution in [0.5, 0.6) is 0 Å². The summed E-state index contributed by atoms with van der Waals surface area (Å²) in [5.41, 5.74) is 3.01. The number of alkyl halides is 3. The molecular weight excluding hydrogens is 385 g/mol. The van der Waals surface area contributed by atoms with E-state index < -0.39 is 12.0 Å². The predicted molar refractivity (Wildman–Crippen MR) is 94.5 cm³/mol. The van der Waals surface area contributed by atoms with Crippen LogP contribution in [0, 0.1) is 13.8 Å². The van der Waals surface area contributed by atoms with Crippen molar-refractivity contribution in [3.05, 3.63) is 62.5 Å². The van der Waals surface area contributed by atoms with E-state index >= 15 is 0 Å². The highest BCUT2D eigenvalue weighted by Gasteiger charge is 2.41. The molecule has 3 aromatic rings. The van der Waals surface area contributed by atoms with Crippen molar-refractivity contribution < 1.29 is 13.2 Å². The fourth-order valence-electron chi connectivity index (χ4n) is 2.93. The first-order valence-electron chi connectivity index (χ1n) is 7.70. The molecule has 0 bridgehead atoms. The quantitative estimate of drug-likeness (QED) is 0.583. The van der Waals surface area contributed by atoms with Crippen molar-refractivity contribution in [1.82, 2.24) is 14.8 Å². The molecule has 4 rings (SSSR count). The Morgan fingerprint density at radius 2 is 1.81 bits per heavy atom. The number of thiophene rings is 1. The predicted octanol–water partition coefficient (Wildman–Crippen LogP) is 4.97. The van der Waals surface area contributed by atoms with Crippen LogP contribution in [-0.2, 0) is 12.7 Å². The first-order valence-corrected chi connectivity index (χ1v) is 8.89. The zero-order valence-corrected chi connectivity index (χ0v) is 15.3. The molecular formula is C17H12ClF3N4S. The van der Waals surface area contributed by atoms with E-state index in [0.717, 1.165) is 20.6 Å². The average Bonchev–Trinajstić information content (AvgIpc) is 3.08. The van der Waals surface area contributed by atoms with Crippen LogP contribution in [0.3, 0.4) is 0 Å². The van der Waals surface area contributed by atoms with Gasteiger partial charge in [-0.1, -0.05) is 23.7 Å². The number of hydrogen-bond donors (Lipinski definition) is 0. The van der Waals surface area contributed by atoms with Crippen molar-refractivity contribution in [2.45, 2.75) is 26.6 Å². The Bertz CT molecular complexity index is 1030. The van der Waals surface area contributed by atoms with Crippen LogP contribution in [0.1, 0.15) is 33.2 Å². The largest absolute Gasteiger partial charge is 0.452 e. The van der Waals surface area contributed by atoms with Crippen LogP contribution >= 0.6 is 22.9 Å². The molecule has 1 aromatic carbocycles. The van der Waals surface area contributed by atoms with Gasteiger partial charge in [0.15, 0.2) is 5.82 Å². The van der Waals surface area contributed by atoms with E-state index in [-0.39, 0.29) is 12.4 Å². The van der Waals surface area contributed by atoms with Gasteiger partial charge in [-0.15, -0.1) is 21.5 Å². The van der Waals surface area contributed by atoms with E-state index in [2.05, 4.69) is 15.2 Å². The van der Waals surface area contributed by atoms with Gasteiger partial charge in [0.05, 0.1) is 5.71 Å². The molecule has 0 atom stereocenters. The van der Waals surface area contributed by atoms with Crippen molar-refractivity contribution in [3.63, 3.8) is 0 Å². The van der Waals surface area contributed by atoms with Crippen LogP contribution in [0.4, 0.5) is 13.2 Å². The van der Waals surface area contributed by atoms with E-state index in [1.807, 2.05) is 26.0 Å². The second kappa shape index (κ2) is 5.92. The van der Waals surface area contributed by atoms with Crippen molar-refractivity contribution >= 4 is 28.6 Å². The van der Waals surface area contributed by atoms with Crippen LogP contribution in [-0.4, -0.2) is 20.5 Å². The second-order valence-corrected chi connectivity index (χ2v) is 7.55. The van der Waals surface area contributed by atoms with Crippen molar-refractivity contribution in [3.8, 4) is 5.00 Å². The Labute approximate surface area is 156 Å². The summed E-state index contributed by atoms with van der Waals surface area (Å²) < 4.78 is 41.4. The maximum atomic E-state index is 13.4. The third-order valence-electron chi connectivity index (χ3n) is 4.29. The normalized spacial score (nSPS) is 13.8. The minimum Gasteiger partial charge on any atom is -0.276 e. The average molecular weight is 397 g/mol. The maximum absolute atomic E-state index is 13.4. The molecule has 0 saturated carbocycles. The molecule has 134 valence electrons. The zero-order chi connectivity index (χ0) is 18.6. The highest BCUT2D eigenvalue weighted by molar-refractivity contribution is 7.15. The summed E-state index contributed by atoms with van der Waals surface area (Å²) in [6, 6.07) is 7.10. The SMILES string of the molecule is Cc1sc2c(c1C)C(c1ccc(Cl)cc1)=NCc1nnc(C(F)(F)F)n1-2. The van der Waals surface area contributed by atoms with Crippen molar-refractivity contribution in [2.24, 2.45) is 4.99 Å². The molecule has 0 spiro atoms. The molecule has 9 heteroatoms. The number of benzene rings is 1. The van der Waals surface area contributed by atoms with E-state index in [4.69, 9.17) is 11.6 Å². The summed E-state index contributed by atoms with van der Waals surface area (Å²) in [5.74, 6) is -0.855. The summed E-state index contributed by atoms with van der Waals surface area (Å²) in [6.45, 7) is 3.78. The Hall–Kier alpha value is -2.19. The third kappa shape index (κ3) is 2.64. The summed E-state index contributed by atoms with van der Waals surface area (Å²) in [6.07, 6.45) is -4.60. The number of nitrogens with zero attached hydrogens (tertiary/aromatic N) is 4. The number of hydrogen-bond acceptors (Lipinski definition) is 4. The molecule has 0 aliphatic carbocycles. The Morgan fingerprint density at radius 1 is 1.12 bits per heavy atom. The molecule has 0 amide bonds. The standard InChI is InChI=1S/C17H12ClF3N4S/c1-8-9(2)26-15-13(8)14(10-3-5-11(18)6-4-10)22-7-12-23-24-16(25(12)15)17(19,20)21/h3-6H,7H2,1-2H3. The number of aryl methyl sites for hydroxylation is 1. The lowest BCUT2D eigenvalue weighted by molar-refractivity contribution is -0.146. The fraction of sp³-hybridized carbons (Fsp3) is 0.235. The topological polar surface area (TPSA) is 43.1 Å². The van der Waals surface area contributed by atoms with Gasteiger partial charge in [0.2, 0.25) is 5.82 Å². The molecule has 3 heterocycles. The minimum atomic E-state index is -4.60. The molecule has 0 saturated heterocycles. The van der Waals surface area contributed by atoms with Crippen LogP contribution in [0.15, 0.2) is 29.3 Å². The van der Waals surface area contributed by atoms with Gasteiger partial charge >= 0.3 is 6.18 Å². The van der Waals surface area contributed by atoms with Crippen LogP contribution in [0.25, 0.3) is 5.00 Å². The highest BCUT2D eigenvalue weighted by atomic mass is 35.5. The number of halogens is 4. The van der Waals surface area contributed by atoms with E-state index in [9.17, 15) is 13.2 Å². The van der Waals surface area contributed by atoms with Crippen LogP contribution in [0.2, 0.25) is 5.02 Å². The second-order valence-electron chi connectivity index (χ2n) is 5.91. The zero-order valence-electron chi connectivity index (χ0n) is 13.7. The lowest BCUT2D eigenvalue weighted by atomic mass is 10.00. The molecule has 1 aliphatic rings. The van der Waals surface area contributed by atoms with Gasteiger partial charge in [0, 0.05) is 21.0 Å². The number of aromatic nitrogens is 3. The smallest absolute Gasteiger partial charge is 0.276 e. The Kier molecular flexibility index (Phi) is 3.92. The van der Waals surface area contributed by atoms with Crippen LogP contribution < -0.4 is 0 Å². The van der Waals surface area contributed by atoms with Crippen molar-refractivity contribution in [1.29, 1.82) is 0 Å². The molecule has 26 heavy (non-hydrogen) atoms.